The fraction of sp³-hybridized carbons (Fsp3) is 0.154. The molecule has 0 fully saturated rings. The first-order chi connectivity index (χ1) is 9.08. The SMILES string of the molecule is CN(C)C(=O)c1cccc(NC(=O)c2cn[nH]c2)c1. The number of benzene rings is 1. The van der Waals surface area contributed by atoms with Gasteiger partial charge in [-0.25, -0.2) is 0 Å². The van der Waals surface area contributed by atoms with E-state index in [1.54, 1.807) is 38.4 Å². The van der Waals surface area contributed by atoms with E-state index in [9.17, 15) is 9.59 Å². The molecule has 0 aliphatic rings. The van der Waals surface area contributed by atoms with Crippen molar-refractivity contribution in [1.29, 1.82) is 0 Å². The van der Waals surface area contributed by atoms with Gasteiger partial charge in [0.1, 0.15) is 0 Å². The molecule has 6 heteroatoms. The number of carbonyl (C=O) groups excluding carboxylic acids is 2. The maximum atomic E-state index is 11.8. The molecule has 0 spiro atoms. The predicted octanol–water partition coefficient (Wildman–Crippen LogP) is 1.36. The predicted molar refractivity (Wildman–Crippen MR) is 71.0 cm³/mol. The van der Waals surface area contributed by atoms with Crippen LogP contribution in [0.25, 0.3) is 0 Å². The highest BCUT2D eigenvalue weighted by Gasteiger charge is 2.10. The lowest BCUT2D eigenvalue weighted by molar-refractivity contribution is 0.0827. The molecular formula is C13H14N4O2. The lowest BCUT2D eigenvalue weighted by Gasteiger charge is -2.11. The van der Waals surface area contributed by atoms with Gasteiger partial charge in [-0.05, 0) is 18.2 Å². The van der Waals surface area contributed by atoms with Crippen LogP contribution in [0.1, 0.15) is 20.7 Å². The second-order valence-electron chi connectivity index (χ2n) is 4.22. The summed E-state index contributed by atoms with van der Waals surface area (Å²) >= 11 is 0. The van der Waals surface area contributed by atoms with Crippen LogP contribution >= 0.6 is 0 Å². The minimum absolute atomic E-state index is 0.112. The Balaban J connectivity index is 2.16. The lowest BCUT2D eigenvalue weighted by Crippen LogP contribution is -2.21. The molecule has 2 amide bonds. The molecule has 19 heavy (non-hydrogen) atoms. The molecule has 0 bridgehead atoms. The number of carbonyl (C=O) groups is 2. The molecule has 6 nitrogen and oxygen atoms in total. The molecule has 1 heterocycles. The van der Waals surface area contributed by atoms with Crippen molar-refractivity contribution in [1.82, 2.24) is 15.1 Å². The monoisotopic (exact) mass is 258 g/mol. The van der Waals surface area contributed by atoms with Gasteiger partial charge in [0.25, 0.3) is 11.8 Å². The molecule has 0 radical (unpaired) electrons. The van der Waals surface area contributed by atoms with E-state index < -0.39 is 0 Å². The molecule has 0 aliphatic carbocycles. The zero-order valence-electron chi connectivity index (χ0n) is 10.7. The highest BCUT2D eigenvalue weighted by molar-refractivity contribution is 6.04. The van der Waals surface area contributed by atoms with Crippen LogP contribution in [0.4, 0.5) is 5.69 Å². The Morgan fingerprint density at radius 2 is 2.05 bits per heavy atom. The zero-order valence-corrected chi connectivity index (χ0v) is 10.7. The van der Waals surface area contributed by atoms with E-state index in [4.69, 9.17) is 0 Å². The van der Waals surface area contributed by atoms with Crippen LogP contribution in [0, 0.1) is 0 Å². The van der Waals surface area contributed by atoms with E-state index in [1.807, 2.05) is 0 Å². The molecule has 1 aromatic carbocycles. The molecule has 1 aromatic heterocycles. The topological polar surface area (TPSA) is 78.1 Å². The molecule has 0 atom stereocenters. The van der Waals surface area contributed by atoms with Gasteiger partial charge >= 0.3 is 0 Å². The van der Waals surface area contributed by atoms with E-state index in [0.717, 1.165) is 0 Å². The van der Waals surface area contributed by atoms with Gasteiger partial charge in [-0.3, -0.25) is 14.7 Å². The van der Waals surface area contributed by atoms with E-state index >= 15 is 0 Å². The fourth-order valence-corrected chi connectivity index (χ4v) is 1.57. The number of aromatic amines is 1. The summed E-state index contributed by atoms with van der Waals surface area (Å²) in [5.74, 6) is -0.386. The van der Waals surface area contributed by atoms with Crippen molar-refractivity contribution in [3.8, 4) is 0 Å². The second-order valence-corrected chi connectivity index (χ2v) is 4.22. The fourth-order valence-electron chi connectivity index (χ4n) is 1.57. The third-order valence-corrected chi connectivity index (χ3v) is 2.53. The molecule has 2 aromatic rings. The molecule has 98 valence electrons. The number of anilines is 1. The van der Waals surface area contributed by atoms with Gasteiger partial charge in [-0.15, -0.1) is 0 Å². The van der Waals surface area contributed by atoms with Gasteiger partial charge in [-0.2, -0.15) is 5.10 Å². The summed E-state index contributed by atoms with van der Waals surface area (Å²) < 4.78 is 0. The van der Waals surface area contributed by atoms with Crippen molar-refractivity contribution < 1.29 is 9.59 Å². The van der Waals surface area contributed by atoms with Crippen LogP contribution in [0.2, 0.25) is 0 Å². The van der Waals surface area contributed by atoms with Crippen molar-refractivity contribution in [2.45, 2.75) is 0 Å². The number of rotatable bonds is 3. The van der Waals surface area contributed by atoms with Crippen molar-refractivity contribution in [2.24, 2.45) is 0 Å². The standard InChI is InChI=1S/C13H14N4O2/c1-17(2)13(19)9-4-3-5-11(6-9)16-12(18)10-7-14-15-8-10/h3-8H,1-2H3,(H,14,15)(H,16,18). The molecule has 0 unspecified atom stereocenters. The first-order valence-corrected chi connectivity index (χ1v) is 5.70. The average molecular weight is 258 g/mol. The van der Waals surface area contributed by atoms with E-state index in [-0.39, 0.29) is 11.8 Å². The molecule has 2 N–H and O–H groups in total. The van der Waals surface area contributed by atoms with Crippen LogP contribution in [0.15, 0.2) is 36.7 Å². The third-order valence-electron chi connectivity index (χ3n) is 2.53. The maximum absolute atomic E-state index is 11.8. The van der Waals surface area contributed by atoms with E-state index in [1.165, 1.54) is 17.3 Å². The highest BCUT2D eigenvalue weighted by Crippen LogP contribution is 2.13. The first kappa shape index (κ1) is 12.8. The van der Waals surface area contributed by atoms with Gasteiger partial charge in [0, 0.05) is 31.5 Å². The second kappa shape index (κ2) is 5.34. The van der Waals surface area contributed by atoms with Crippen molar-refractivity contribution in [2.75, 3.05) is 19.4 Å². The van der Waals surface area contributed by atoms with Gasteiger partial charge in [-0.1, -0.05) is 6.07 Å². The van der Waals surface area contributed by atoms with Crippen molar-refractivity contribution in [3.05, 3.63) is 47.8 Å². The molecule has 0 saturated heterocycles. The lowest BCUT2D eigenvalue weighted by atomic mass is 10.1. The summed E-state index contributed by atoms with van der Waals surface area (Å²) in [5.41, 5.74) is 1.53. The Kier molecular flexibility index (Phi) is 3.61. The molecule has 0 aliphatic heterocycles. The van der Waals surface area contributed by atoms with Crippen LogP contribution in [-0.4, -0.2) is 41.0 Å². The Morgan fingerprint density at radius 1 is 1.26 bits per heavy atom. The number of amides is 2. The Hall–Kier alpha value is -2.63. The van der Waals surface area contributed by atoms with Gasteiger partial charge in [0.15, 0.2) is 0 Å². The van der Waals surface area contributed by atoms with Crippen molar-refractivity contribution in [3.63, 3.8) is 0 Å². The summed E-state index contributed by atoms with van der Waals surface area (Å²) in [6, 6.07) is 6.79. The Morgan fingerprint density at radius 3 is 2.68 bits per heavy atom. The smallest absolute Gasteiger partial charge is 0.258 e. The minimum Gasteiger partial charge on any atom is -0.345 e. The number of nitrogens with one attached hydrogen (secondary N) is 2. The number of hydrogen-bond acceptors (Lipinski definition) is 3. The average Bonchev–Trinajstić information content (AvgIpc) is 2.92. The molecule has 2 rings (SSSR count). The zero-order chi connectivity index (χ0) is 13.8. The van der Waals surface area contributed by atoms with Crippen molar-refractivity contribution >= 4 is 17.5 Å². The highest BCUT2D eigenvalue weighted by atomic mass is 16.2. The number of H-pyrrole nitrogens is 1. The maximum Gasteiger partial charge on any atom is 0.258 e. The summed E-state index contributed by atoms with van der Waals surface area (Å²) in [6.45, 7) is 0. The van der Waals surface area contributed by atoms with Crippen LogP contribution in [-0.2, 0) is 0 Å². The van der Waals surface area contributed by atoms with Crippen LogP contribution < -0.4 is 5.32 Å². The number of nitrogens with zero attached hydrogens (tertiary/aromatic N) is 2. The van der Waals surface area contributed by atoms with E-state index in [2.05, 4.69) is 15.5 Å². The number of aromatic nitrogens is 2. The summed E-state index contributed by atoms with van der Waals surface area (Å²) in [4.78, 5) is 25.1. The van der Waals surface area contributed by atoms with Crippen LogP contribution in [0.5, 0.6) is 0 Å². The van der Waals surface area contributed by atoms with E-state index in [0.29, 0.717) is 16.8 Å². The quantitative estimate of drug-likeness (QED) is 0.872. The Bertz CT molecular complexity index is 590. The minimum atomic E-state index is -0.275. The van der Waals surface area contributed by atoms with Gasteiger partial charge < -0.3 is 10.2 Å². The summed E-state index contributed by atoms with van der Waals surface area (Å²) in [5, 5.41) is 8.99. The van der Waals surface area contributed by atoms with Crippen LogP contribution in [0.3, 0.4) is 0 Å². The summed E-state index contributed by atoms with van der Waals surface area (Å²) in [6.07, 6.45) is 2.94. The molecular weight excluding hydrogens is 244 g/mol. The molecule has 0 saturated carbocycles. The van der Waals surface area contributed by atoms with Gasteiger partial charge in [0.05, 0.1) is 11.8 Å². The normalized spacial score (nSPS) is 10.0. The largest absolute Gasteiger partial charge is 0.345 e. The Labute approximate surface area is 110 Å². The number of hydrogen-bond donors (Lipinski definition) is 2. The van der Waals surface area contributed by atoms with Gasteiger partial charge in [0.2, 0.25) is 0 Å². The third kappa shape index (κ3) is 2.98. The summed E-state index contributed by atoms with van der Waals surface area (Å²) in [7, 11) is 3.36. The first-order valence-electron chi connectivity index (χ1n) is 5.70.